The van der Waals surface area contributed by atoms with E-state index in [0.717, 1.165) is 5.56 Å². The molecule has 0 aliphatic heterocycles. The van der Waals surface area contributed by atoms with Crippen LogP contribution in [0.4, 0.5) is 8.78 Å². The molecule has 0 fully saturated rings. The van der Waals surface area contributed by atoms with Gasteiger partial charge in [0.2, 0.25) is 0 Å². The number of benzene rings is 2. The molecule has 3 rings (SSSR count). The van der Waals surface area contributed by atoms with Gasteiger partial charge in [0.1, 0.15) is 17.0 Å². The summed E-state index contributed by atoms with van der Waals surface area (Å²) in [6.07, 6.45) is 1.99. The van der Waals surface area contributed by atoms with Crippen LogP contribution in [-0.2, 0) is 6.42 Å². The summed E-state index contributed by atoms with van der Waals surface area (Å²) in [4.78, 5) is 17.0. The van der Waals surface area contributed by atoms with Crippen LogP contribution in [0.25, 0.3) is 10.9 Å². The number of nitrogens with zero attached hydrogens (tertiary/aromatic N) is 1. The van der Waals surface area contributed by atoms with E-state index in [1.807, 2.05) is 37.3 Å². The van der Waals surface area contributed by atoms with E-state index in [1.165, 1.54) is 26.1 Å². The molecule has 3 nitrogen and oxygen atoms in total. The van der Waals surface area contributed by atoms with Gasteiger partial charge in [-0.25, -0.2) is 8.78 Å². The summed E-state index contributed by atoms with van der Waals surface area (Å²) in [7, 11) is 0. The van der Waals surface area contributed by atoms with Crippen LogP contribution in [-0.4, -0.2) is 22.1 Å². The summed E-state index contributed by atoms with van der Waals surface area (Å²) >= 11 is 0. The summed E-state index contributed by atoms with van der Waals surface area (Å²) in [6.45, 7) is 4.85. The van der Waals surface area contributed by atoms with Crippen molar-refractivity contribution in [3.8, 4) is 0 Å². The molecule has 146 valence electrons. The van der Waals surface area contributed by atoms with Gasteiger partial charge in [-0.05, 0) is 44.9 Å². The van der Waals surface area contributed by atoms with Crippen LogP contribution in [0, 0.1) is 5.82 Å². The maximum Gasteiger partial charge on any atom is 0.253 e. The van der Waals surface area contributed by atoms with Gasteiger partial charge in [-0.3, -0.25) is 9.78 Å². The molecule has 0 saturated carbocycles. The highest BCUT2D eigenvalue weighted by atomic mass is 19.1. The number of aromatic nitrogens is 1. The predicted molar refractivity (Wildman–Crippen MR) is 108 cm³/mol. The zero-order valence-corrected chi connectivity index (χ0v) is 16.3. The average Bonchev–Trinajstić information content (AvgIpc) is 2.60. The van der Waals surface area contributed by atoms with Gasteiger partial charge in [-0.15, -0.1) is 0 Å². The number of carbonyl (C=O) groups excluding carboxylic acids is 1. The predicted octanol–water partition coefficient (Wildman–Crippen LogP) is 5.24. The Labute approximate surface area is 163 Å². The first-order valence-electron chi connectivity index (χ1n) is 9.25. The molecule has 0 saturated heterocycles. The Morgan fingerprint density at radius 2 is 1.79 bits per heavy atom. The minimum absolute atomic E-state index is 0.149. The Balaban J connectivity index is 1.88. The van der Waals surface area contributed by atoms with Crippen LogP contribution in [0.3, 0.4) is 0 Å². The summed E-state index contributed by atoms with van der Waals surface area (Å²) < 4.78 is 28.3. The monoisotopic (exact) mass is 382 g/mol. The lowest BCUT2D eigenvalue weighted by atomic mass is 9.83. The maximum atomic E-state index is 14.5. The topological polar surface area (TPSA) is 42.0 Å². The van der Waals surface area contributed by atoms with E-state index in [1.54, 1.807) is 18.2 Å². The van der Waals surface area contributed by atoms with E-state index < -0.39 is 17.0 Å². The molecule has 0 aliphatic rings. The van der Waals surface area contributed by atoms with Crippen LogP contribution < -0.4 is 5.32 Å². The number of carbonyl (C=O) groups is 1. The van der Waals surface area contributed by atoms with Crippen molar-refractivity contribution in [3.63, 3.8) is 0 Å². The Hall–Kier alpha value is -2.82. The van der Waals surface area contributed by atoms with Crippen molar-refractivity contribution in [2.45, 2.75) is 44.8 Å². The Morgan fingerprint density at radius 3 is 2.46 bits per heavy atom. The minimum atomic E-state index is -1.46. The number of alkyl halides is 1. The van der Waals surface area contributed by atoms with Crippen LogP contribution >= 0.6 is 0 Å². The molecule has 1 amide bonds. The largest absolute Gasteiger partial charge is 0.346 e. The summed E-state index contributed by atoms with van der Waals surface area (Å²) in [5.74, 6) is -0.793. The quantitative estimate of drug-likeness (QED) is 0.633. The number of hydrogen-bond donors (Lipinski definition) is 1. The molecule has 0 unspecified atom stereocenters. The minimum Gasteiger partial charge on any atom is -0.346 e. The highest BCUT2D eigenvalue weighted by molar-refractivity contribution is 5.97. The summed E-state index contributed by atoms with van der Waals surface area (Å²) in [5.41, 5.74) is -0.715. The summed E-state index contributed by atoms with van der Waals surface area (Å²) in [5, 5.41) is 3.53. The molecule has 1 N–H and O–H groups in total. The lowest BCUT2D eigenvalue weighted by molar-refractivity contribution is 0.0843. The fourth-order valence-electron chi connectivity index (χ4n) is 3.72. The molecule has 0 aliphatic carbocycles. The number of fused-ring (bicyclic) bond motifs is 1. The van der Waals surface area contributed by atoms with Gasteiger partial charge in [-0.1, -0.05) is 42.5 Å². The van der Waals surface area contributed by atoms with Crippen molar-refractivity contribution in [2.75, 3.05) is 0 Å². The molecule has 0 spiro atoms. The maximum absolute atomic E-state index is 14.5. The number of para-hydroxylation sites is 1. The Bertz CT molecular complexity index is 983. The molecule has 0 radical (unpaired) electrons. The number of halogens is 2. The second-order valence-corrected chi connectivity index (χ2v) is 8.11. The SMILES string of the molecule is CC(C)(F)C[C@](C)(Cc1ccccc1)NC(=O)c1cnc2c(F)cccc2c1. The average molecular weight is 382 g/mol. The van der Waals surface area contributed by atoms with Gasteiger partial charge >= 0.3 is 0 Å². The third-order valence-electron chi connectivity index (χ3n) is 4.59. The number of nitrogens with one attached hydrogen (secondary N) is 1. The molecule has 1 heterocycles. The molecular formula is C23H24F2N2O. The molecule has 0 bridgehead atoms. The van der Waals surface area contributed by atoms with E-state index in [0.29, 0.717) is 17.4 Å². The van der Waals surface area contributed by atoms with E-state index in [9.17, 15) is 13.6 Å². The lowest BCUT2D eigenvalue weighted by Crippen LogP contribution is -2.50. The van der Waals surface area contributed by atoms with Crippen LogP contribution in [0.15, 0.2) is 60.8 Å². The van der Waals surface area contributed by atoms with Crippen molar-refractivity contribution < 1.29 is 13.6 Å². The molecule has 1 atom stereocenters. The molecule has 3 aromatic rings. The third-order valence-corrected chi connectivity index (χ3v) is 4.59. The van der Waals surface area contributed by atoms with Crippen LogP contribution in [0.5, 0.6) is 0 Å². The van der Waals surface area contributed by atoms with E-state index >= 15 is 0 Å². The number of amides is 1. The van der Waals surface area contributed by atoms with E-state index in [4.69, 9.17) is 0 Å². The molecular weight excluding hydrogens is 358 g/mol. The highest BCUT2D eigenvalue weighted by Crippen LogP contribution is 2.27. The van der Waals surface area contributed by atoms with Crippen LogP contribution in [0.2, 0.25) is 0 Å². The first-order valence-corrected chi connectivity index (χ1v) is 9.25. The smallest absolute Gasteiger partial charge is 0.253 e. The molecule has 2 aromatic carbocycles. The zero-order valence-electron chi connectivity index (χ0n) is 16.3. The summed E-state index contributed by atoms with van der Waals surface area (Å²) in [6, 6.07) is 15.9. The Kier molecular flexibility index (Phi) is 5.45. The van der Waals surface area contributed by atoms with Crippen molar-refractivity contribution in [2.24, 2.45) is 0 Å². The van der Waals surface area contributed by atoms with Crippen molar-refractivity contribution in [1.82, 2.24) is 10.3 Å². The molecule has 5 heteroatoms. The van der Waals surface area contributed by atoms with Gasteiger partial charge in [-0.2, -0.15) is 0 Å². The first-order chi connectivity index (χ1) is 13.2. The Morgan fingerprint density at radius 1 is 1.07 bits per heavy atom. The van der Waals surface area contributed by atoms with E-state index in [-0.39, 0.29) is 17.8 Å². The second-order valence-electron chi connectivity index (χ2n) is 8.11. The van der Waals surface area contributed by atoms with Gasteiger partial charge in [0.05, 0.1) is 5.56 Å². The third kappa shape index (κ3) is 4.91. The van der Waals surface area contributed by atoms with Crippen molar-refractivity contribution >= 4 is 16.8 Å². The first kappa shape index (κ1) is 19.9. The standard InChI is InChI=1S/C23H24F2N2O/c1-22(2,25)15-23(3,13-16-8-5-4-6-9-16)27-21(28)18-12-17-10-7-11-19(24)20(17)26-14-18/h4-12,14H,13,15H2,1-3H3,(H,27,28)/t23-/m0/s1. The van der Waals surface area contributed by atoms with Gasteiger partial charge in [0, 0.05) is 23.5 Å². The zero-order chi connectivity index (χ0) is 20.4. The normalized spacial score (nSPS) is 13.9. The molecule has 1 aromatic heterocycles. The van der Waals surface area contributed by atoms with Crippen LogP contribution in [0.1, 0.15) is 43.1 Å². The number of hydrogen-bond acceptors (Lipinski definition) is 2. The van der Waals surface area contributed by atoms with Gasteiger partial charge < -0.3 is 5.32 Å². The number of rotatable bonds is 6. The second kappa shape index (κ2) is 7.66. The van der Waals surface area contributed by atoms with Gasteiger partial charge in [0.15, 0.2) is 0 Å². The lowest BCUT2D eigenvalue weighted by Gasteiger charge is -2.35. The fraction of sp³-hybridized carbons (Fsp3) is 0.304. The van der Waals surface area contributed by atoms with E-state index in [2.05, 4.69) is 10.3 Å². The highest BCUT2D eigenvalue weighted by Gasteiger charge is 2.34. The number of pyridine rings is 1. The van der Waals surface area contributed by atoms with Gasteiger partial charge in [0.25, 0.3) is 5.91 Å². The molecule has 28 heavy (non-hydrogen) atoms. The van der Waals surface area contributed by atoms with Crippen molar-refractivity contribution in [3.05, 3.63) is 77.7 Å². The van der Waals surface area contributed by atoms with Crippen molar-refractivity contribution in [1.29, 1.82) is 0 Å². The fourth-order valence-corrected chi connectivity index (χ4v) is 3.72.